The summed E-state index contributed by atoms with van der Waals surface area (Å²) in [5, 5.41) is 2.90. The summed E-state index contributed by atoms with van der Waals surface area (Å²) in [6, 6.07) is 0. The average molecular weight is 145 g/mol. The van der Waals surface area contributed by atoms with Gasteiger partial charge in [0, 0.05) is 6.54 Å². The van der Waals surface area contributed by atoms with Crippen molar-refractivity contribution in [2.45, 2.75) is 12.5 Å². The summed E-state index contributed by atoms with van der Waals surface area (Å²) in [7, 11) is 1.36. The number of ether oxygens (including phenoxy) is 2. The van der Waals surface area contributed by atoms with E-state index in [4.69, 9.17) is 4.74 Å². The van der Waals surface area contributed by atoms with Crippen LogP contribution >= 0.6 is 0 Å². The summed E-state index contributed by atoms with van der Waals surface area (Å²) in [5.41, 5.74) is -0.769. The molecule has 0 bridgehead atoms. The largest absolute Gasteiger partial charge is 0.467 e. The van der Waals surface area contributed by atoms with Crippen LogP contribution in [0.15, 0.2) is 0 Å². The maximum Gasteiger partial charge on any atom is 0.339 e. The molecule has 1 saturated heterocycles. The molecule has 1 atom stereocenters. The van der Waals surface area contributed by atoms with Crippen molar-refractivity contribution >= 4 is 5.97 Å². The Morgan fingerprint density at radius 2 is 2.50 bits per heavy atom. The number of carbonyl (C=O) groups is 1. The summed E-state index contributed by atoms with van der Waals surface area (Å²) in [6.45, 7) is 2.66. The van der Waals surface area contributed by atoms with Gasteiger partial charge >= 0.3 is 5.97 Å². The molecule has 0 aromatic rings. The first-order chi connectivity index (χ1) is 4.69. The Morgan fingerprint density at radius 3 is 2.90 bits per heavy atom. The van der Waals surface area contributed by atoms with Crippen LogP contribution < -0.4 is 5.32 Å². The molecule has 1 rings (SSSR count). The normalized spacial score (nSPS) is 32.2. The summed E-state index contributed by atoms with van der Waals surface area (Å²) in [5.74, 6) is -0.322. The van der Waals surface area contributed by atoms with E-state index in [9.17, 15) is 4.79 Å². The molecule has 0 spiro atoms. The highest BCUT2D eigenvalue weighted by atomic mass is 16.6. The van der Waals surface area contributed by atoms with E-state index < -0.39 is 5.60 Å². The first-order valence-electron chi connectivity index (χ1n) is 3.12. The molecule has 1 N–H and O–H groups in total. The Morgan fingerprint density at radius 1 is 1.80 bits per heavy atom. The Balaban J connectivity index is 2.58. The molecule has 4 heteroatoms. The quantitative estimate of drug-likeness (QED) is 0.505. The van der Waals surface area contributed by atoms with Crippen molar-refractivity contribution in [1.29, 1.82) is 0 Å². The summed E-state index contributed by atoms with van der Waals surface area (Å²) >= 11 is 0. The van der Waals surface area contributed by atoms with E-state index in [0.717, 1.165) is 0 Å². The predicted octanol–water partition coefficient (Wildman–Crippen LogP) is -0.505. The second-order valence-corrected chi connectivity index (χ2v) is 2.44. The minimum absolute atomic E-state index is 0.322. The van der Waals surface area contributed by atoms with Crippen LogP contribution in [0.2, 0.25) is 0 Å². The zero-order valence-corrected chi connectivity index (χ0v) is 6.14. The van der Waals surface area contributed by atoms with Crippen molar-refractivity contribution in [1.82, 2.24) is 5.32 Å². The first-order valence-corrected chi connectivity index (χ1v) is 3.12. The lowest BCUT2D eigenvalue weighted by Crippen LogP contribution is -2.39. The second-order valence-electron chi connectivity index (χ2n) is 2.44. The van der Waals surface area contributed by atoms with Crippen LogP contribution in [0.3, 0.4) is 0 Å². The van der Waals surface area contributed by atoms with Gasteiger partial charge in [-0.15, -0.1) is 0 Å². The molecular formula is C6H11NO3. The number of hydrogen-bond acceptors (Lipinski definition) is 4. The van der Waals surface area contributed by atoms with E-state index in [0.29, 0.717) is 13.3 Å². The molecule has 0 radical (unpaired) electrons. The van der Waals surface area contributed by atoms with Crippen LogP contribution in [0.5, 0.6) is 0 Å². The molecule has 0 saturated carbocycles. The van der Waals surface area contributed by atoms with E-state index in [1.165, 1.54) is 7.11 Å². The van der Waals surface area contributed by atoms with Gasteiger partial charge in [-0.05, 0) is 6.92 Å². The van der Waals surface area contributed by atoms with Crippen molar-refractivity contribution < 1.29 is 14.3 Å². The molecule has 1 aliphatic rings. The fraction of sp³-hybridized carbons (Fsp3) is 0.833. The van der Waals surface area contributed by atoms with Crippen molar-refractivity contribution in [2.24, 2.45) is 0 Å². The van der Waals surface area contributed by atoms with Gasteiger partial charge in [-0.25, -0.2) is 4.79 Å². The van der Waals surface area contributed by atoms with Crippen molar-refractivity contribution in [3.63, 3.8) is 0 Å². The molecule has 0 aromatic heterocycles. The number of rotatable bonds is 1. The van der Waals surface area contributed by atoms with Gasteiger partial charge in [0.15, 0.2) is 5.60 Å². The van der Waals surface area contributed by atoms with Gasteiger partial charge in [-0.2, -0.15) is 0 Å². The molecule has 0 aromatic carbocycles. The van der Waals surface area contributed by atoms with E-state index >= 15 is 0 Å². The van der Waals surface area contributed by atoms with Crippen molar-refractivity contribution in [2.75, 3.05) is 20.4 Å². The zero-order chi connectivity index (χ0) is 7.61. The Hall–Kier alpha value is -0.610. The van der Waals surface area contributed by atoms with E-state index in [2.05, 4.69) is 10.1 Å². The highest BCUT2D eigenvalue weighted by molar-refractivity contribution is 5.79. The predicted molar refractivity (Wildman–Crippen MR) is 34.4 cm³/mol. The molecule has 1 fully saturated rings. The van der Waals surface area contributed by atoms with Gasteiger partial charge in [0.05, 0.1) is 13.8 Å². The van der Waals surface area contributed by atoms with Crippen LogP contribution in [0, 0.1) is 0 Å². The van der Waals surface area contributed by atoms with Gasteiger partial charge < -0.3 is 9.47 Å². The van der Waals surface area contributed by atoms with Crippen molar-refractivity contribution in [3.05, 3.63) is 0 Å². The lowest BCUT2D eigenvalue weighted by Gasteiger charge is -2.17. The molecule has 1 aliphatic heterocycles. The second kappa shape index (κ2) is 2.56. The van der Waals surface area contributed by atoms with E-state index in [1.807, 2.05) is 0 Å². The Bertz CT molecular complexity index is 140. The van der Waals surface area contributed by atoms with Crippen LogP contribution in [0.1, 0.15) is 6.92 Å². The maximum atomic E-state index is 10.9. The molecular weight excluding hydrogens is 134 g/mol. The molecule has 58 valence electrons. The maximum absolute atomic E-state index is 10.9. The monoisotopic (exact) mass is 145 g/mol. The topological polar surface area (TPSA) is 47.6 Å². The van der Waals surface area contributed by atoms with Crippen LogP contribution in [-0.2, 0) is 14.3 Å². The molecule has 0 aliphatic carbocycles. The summed E-state index contributed by atoms with van der Waals surface area (Å²) < 4.78 is 9.64. The third kappa shape index (κ3) is 1.12. The summed E-state index contributed by atoms with van der Waals surface area (Å²) in [6.07, 6.45) is 0. The van der Waals surface area contributed by atoms with Gasteiger partial charge in [-0.3, -0.25) is 5.32 Å². The Labute approximate surface area is 59.5 Å². The molecule has 4 nitrogen and oxygen atoms in total. The number of nitrogens with one attached hydrogen (secondary N) is 1. The lowest BCUT2D eigenvalue weighted by atomic mass is 10.1. The Kier molecular flexibility index (Phi) is 1.92. The molecule has 10 heavy (non-hydrogen) atoms. The zero-order valence-electron chi connectivity index (χ0n) is 6.14. The molecule has 1 heterocycles. The SMILES string of the molecule is COC(=O)[C@]1(C)CNCO1. The number of methoxy groups -OCH3 is 1. The van der Waals surface area contributed by atoms with Gasteiger partial charge in [-0.1, -0.05) is 0 Å². The fourth-order valence-electron chi connectivity index (χ4n) is 0.898. The van der Waals surface area contributed by atoms with Gasteiger partial charge in [0.1, 0.15) is 0 Å². The highest BCUT2D eigenvalue weighted by Gasteiger charge is 2.38. The van der Waals surface area contributed by atoms with E-state index in [-0.39, 0.29) is 5.97 Å². The summed E-state index contributed by atoms with van der Waals surface area (Å²) in [4.78, 5) is 10.9. The highest BCUT2D eigenvalue weighted by Crippen LogP contribution is 2.14. The van der Waals surface area contributed by atoms with E-state index in [1.54, 1.807) is 6.92 Å². The van der Waals surface area contributed by atoms with Gasteiger partial charge in [0.25, 0.3) is 0 Å². The first kappa shape index (κ1) is 7.50. The average Bonchev–Trinajstić information content (AvgIpc) is 2.36. The minimum atomic E-state index is -0.769. The number of carbonyl (C=O) groups excluding carboxylic acids is 1. The minimum Gasteiger partial charge on any atom is -0.467 e. The number of hydrogen-bond donors (Lipinski definition) is 1. The third-order valence-corrected chi connectivity index (χ3v) is 1.57. The smallest absolute Gasteiger partial charge is 0.339 e. The third-order valence-electron chi connectivity index (χ3n) is 1.57. The fourth-order valence-corrected chi connectivity index (χ4v) is 0.898. The van der Waals surface area contributed by atoms with Gasteiger partial charge in [0.2, 0.25) is 0 Å². The van der Waals surface area contributed by atoms with Crippen molar-refractivity contribution in [3.8, 4) is 0 Å². The number of esters is 1. The molecule has 0 unspecified atom stereocenters. The van der Waals surface area contributed by atoms with Crippen LogP contribution in [-0.4, -0.2) is 32.0 Å². The van der Waals surface area contributed by atoms with Crippen LogP contribution in [0.4, 0.5) is 0 Å². The standard InChI is InChI=1S/C6H11NO3/c1-6(5(8)9-2)3-7-4-10-6/h7H,3-4H2,1-2H3/t6-/m0/s1. The molecule has 0 amide bonds. The lowest BCUT2D eigenvalue weighted by molar-refractivity contribution is -0.160. The van der Waals surface area contributed by atoms with Crippen LogP contribution in [0.25, 0.3) is 0 Å².